The molecular weight excluding hydrogens is 466 g/mol. The molecule has 1 unspecified atom stereocenters. The van der Waals surface area contributed by atoms with E-state index in [2.05, 4.69) is 9.97 Å². The van der Waals surface area contributed by atoms with E-state index in [9.17, 15) is 23.5 Å². The Morgan fingerprint density at radius 1 is 1.22 bits per heavy atom. The predicted molar refractivity (Wildman–Crippen MR) is 131 cm³/mol. The summed E-state index contributed by atoms with van der Waals surface area (Å²) in [6.07, 6.45) is 4.07. The average Bonchev–Trinajstić information content (AvgIpc) is 3.35. The lowest BCUT2D eigenvalue weighted by atomic mass is 10.0. The summed E-state index contributed by atoms with van der Waals surface area (Å²) in [4.78, 5) is 36.8. The molecule has 3 aromatic rings. The summed E-state index contributed by atoms with van der Waals surface area (Å²) in [6, 6.07) is 9.94. The van der Waals surface area contributed by atoms with E-state index >= 15 is 0 Å². The highest BCUT2D eigenvalue weighted by Crippen LogP contribution is 2.30. The number of amides is 1. The van der Waals surface area contributed by atoms with Crippen LogP contribution in [0.4, 0.5) is 8.78 Å². The number of likely N-dealkylation sites (tertiary alicyclic amines) is 1. The van der Waals surface area contributed by atoms with E-state index in [0.717, 1.165) is 30.7 Å². The SMILES string of the molecule is CCCCc1nc(O)c(C(=O)N2CCC(c3ncc(F)cc3F)C2)c(=O)n1[C@@H](CC)c1ccccc1. The summed E-state index contributed by atoms with van der Waals surface area (Å²) < 4.78 is 29.1. The van der Waals surface area contributed by atoms with Crippen LogP contribution in [0.5, 0.6) is 5.88 Å². The van der Waals surface area contributed by atoms with E-state index in [-0.39, 0.29) is 24.8 Å². The monoisotopic (exact) mass is 496 g/mol. The Hall–Kier alpha value is -3.62. The maximum absolute atomic E-state index is 14.3. The van der Waals surface area contributed by atoms with Crippen LogP contribution in [0, 0.1) is 11.6 Å². The molecule has 190 valence electrons. The van der Waals surface area contributed by atoms with E-state index < -0.39 is 40.5 Å². The van der Waals surface area contributed by atoms with Crippen molar-refractivity contribution in [3.8, 4) is 5.88 Å². The molecule has 3 heterocycles. The summed E-state index contributed by atoms with van der Waals surface area (Å²) in [5.74, 6) is -2.80. The number of aromatic hydroxyl groups is 1. The number of nitrogens with zero attached hydrogens (tertiary/aromatic N) is 4. The first-order chi connectivity index (χ1) is 17.3. The summed E-state index contributed by atoms with van der Waals surface area (Å²) >= 11 is 0. The molecule has 4 rings (SSSR count). The number of rotatable bonds is 8. The summed E-state index contributed by atoms with van der Waals surface area (Å²) in [7, 11) is 0. The molecule has 9 heteroatoms. The second kappa shape index (κ2) is 11.0. The molecule has 2 aromatic heterocycles. The number of carbonyl (C=O) groups is 1. The highest BCUT2D eigenvalue weighted by Gasteiger charge is 2.34. The Labute approximate surface area is 208 Å². The fourth-order valence-electron chi connectivity index (χ4n) is 4.88. The molecule has 0 radical (unpaired) electrons. The van der Waals surface area contributed by atoms with E-state index in [1.807, 2.05) is 44.2 Å². The molecule has 0 saturated carbocycles. The van der Waals surface area contributed by atoms with Gasteiger partial charge in [-0.2, -0.15) is 4.98 Å². The second-order valence-corrected chi connectivity index (χ2v) is 9.10. The third-order valence-corrected chi connectivity index (χ3v) is 6.72. The van der Waals surface area contributed by atoms with Gasteiger partial charge in [0.05, 0.1) is 17.9 Å². The third kappa shape index (κ3) is 5.01. The Morgan fingerprint density at radius 2 is 1.97 bits per heavy atom. The first-order valence-electron chi connectivity index (χ1n) is 12.3. The minimum Gasteiger partial charge on any atom is -0.493 e. The van der Waals surface area contributed by atoms with Gasteiger partial charge in [0.25, 0.3) is 11.5 Å². The summed E-state index contributed by atoms with van der Waals surface area (Å²) in [5.41, 5.74) is 0.00277. The zero-order valence-corrected chi connectivity index (χ0v) is 20.5. The number of carbonyl (C=O) groups excluding carboxylic acids is 1. The number of benzene rings is 1. The fourth-order valence-corrected chi connectivity index (χ4v) is 4.88. The number of unbranched alkanes of at least 4 members (excludes halogenated alkanes) is 1. The second-order valence-electron chi connectivity index (χ2n) is 9.10. The van der Waals surface area contributed by atoms with E-state index in [4.69, 9.17) is 0 Å². The zero-order chi connectivity index (χ0) is 25.8. The van der Waals surface area contributed by atoms with Crippen LogP contribution >= 0.6 is 0 Å². The van der Waals surface area contributed by atoms with Crippen molar-refractivity contribution in [1.82, 2.24) is 19.4 Å². The molecule has 7 nitrogen and oxygen atoms in total. The normalized spacial score (nSPS) is 16.3. The maximum Gasteiger partial charge on any atom is 0.270 e. The van der Waals surface area contributed by atoms with Crippen molar-refractivity contribution in [1.29, 1.82) is 0 Å². The minimum absolute atomic E-state index is 0.0801. The van der Waals surface area contributed by atoms with Crippen molar-refractivity contribution in [2.75, 3.05) is 13.1 Å². The Balaban J connectivity index is 1.71. The first-order valence-corrected chi connectivity index (χ1v) is 12.3. The van der Waals surface area contributed by atoms with Gasteiger partial charge in [0.2, 0.25) is 5.88 Å². The van der Waals surface area contributed by atoms with E-state index in [1.54, 1.807) is 0 Å². The highest BCUT2D eigenvalue weighted by atomic mass is 19.1. The molecule has 1 saturated heterocycles. The van der Waals surface area contributed by atoms with Gasteiger partial charge in [0, 0.05) is 31.5 Å². The van der Waals surface area contributed by atoms with Gasteiger partial charge < -0.3 is 10.0 Å². The lowest BCUT2D eigenvalue weighted by Crippen LogP contribution is -2.38. The molecule has 0 spiro atoms. The number of aromatic nitrogens is 3. The quantitative estimate of drug-likeness (QED) is 0.493. The number of aryl methyl sites for hydroxylation is 1. The van der Waals surface area contributed by atoms with Crippen LogP contribution in [0.2, 0.25) is 0 Å². The molecule has 1 amide bonds. The predicted octanol–water partition coefficient (Wildman–Crippen LogP) is 4.59. The number of pyridine rings is 1. The molecule has 1 aliphatic rings. The van der Waals surface area contributed by atoms with Gasteiger partial charge in [-0.3, -0.25) is 19.1 Å². The van der Waals surface area contributed by atoms with Crippen LogP contribution in [0.1, 0.15) is 78.9 Å². The minimum atomic E-state index is -0.772. The van der Waals surface area contributed by atoms with Gasteiger partial charge in [-0.1, -0.05) is 50.6 Å². The molecule has 36 heavy (non-hydrogen) atoms. The van der Waals surface area contributed by atoms with Crippen LogP contribution in [0.15, 0.2) is 47.4 Å². The van der Waals surface area contributed by atoms with Crippen LogP contribution in [0.25, 0.3) is 0 Å². The van der Waals surface area contributed by atoms with Gasteiger partial charge in [-0.25, -0.2) is 8.78 Å². The van der Waals surface area contributed by atoms with Crippen LogP contribution in [-0.4, -0.2) is 43.5 Å². The molecule has 1 aromatic carbocycles. The molecule has 1 N–H and O–H groups in total. The molecule has 0 bridgehead atoms. The average molecular weight is 497 g/mol. The lowest BCUT2D eigenvalue weighted by Gasteiger charge is -2.24. The van der Waals surface area contributed by atoms with Crippen molar-refractivity contribution >= 4 is 5.91 Å². The van der Waals surface area contributed by atoms with Crippen molar-refractivity contribution < 1.29 is 18.7 Å². The van der Waals surface area contributed by atoms with Crippen molar-refractivity contribution in [2.24, 2.45) is 0 Å². The van der Waals surface area contributed by atoms with Crippen LogP contribution in [0.3, 0.4) is 0 Å². The van der Waals surface area contributed by atoms with E-state index in [0.29, 0.717) is 25.1 Å². The van der Waals surface area contributed by atoms with Gasteiger partial charge in [0.1, 0.15) is 17.5 Å². The molecular formula is C27H30F2N4O3. The lowest BCUT2D eigenvalue weighted by molar-refractivity contribution is 0.0783. The van der Waals surface area contributed by atoms with E-state index in [1.165, 1.54) is 9.47 Å². The maximum atomic E-state index is 14.3. The van der Waals surface area contributed by atoms with Gasteiger partial charge >= 0.3 is 0 Å². The van der Waals surface area contributed by atoms with Crippen molar-refractivity contribution in [3.05, 3.63) is 87.2 Å². The zero-order valence-electron chi connectivity index (χ0n) is 20.5. The largest absolute Gasteiger partial charge is 0.493 e. The Kier molecular flexibility index (Phi) is 7.76. The number of hydrogen-bond donors (Lipinski definition) is 1. The van der Waals surface area contributed by atoms with Gasteiger partial charge in [0.15, 0.2) is 5.56 Å². The number of hydrogen-bond acceptors (Lipinski definition) is 5. The Bertz CT molecular complexity index is 1300. The molecule has 1 fully saturated rings. The van der Waals surface area contributed by atoms with Crippen LogP contribution < -0.4 is 5.56 Å². The Morgan fingerprint density at radius 3 is 2.64 bits per heavy atom. The third-order valence-electron chi connectivity index (χ3n) is 6.72. The van der Waals surface area contributed by atoms with Gasteiger partial charge in [-0.15, -0.1) is 0 Å². The summed E-state index contributed by atoms with van der Waals surface area (Å²) in [6.45, 7) is 4.32. The first kappa shape index (κ1) is 25.5. The number of halogens is 2. The van der Waals surface area contributed by atoms with Crippen LogP contribution in [-0.2, 0) is 6.42 Å². The smallest absolute Gasteiger partial charge is 0.270 e. The molecule has 0 aliphatic carbocycles. The van der Waals surface area contributed by atoms with Crippen molar-refractivity contribution in [3.63, 3.8) is 0 Å². The highest BCUT2D eigenvalue weighted by molar-refractivity contribution is 5.96. The van der Waals surface area contributed by atoms with Crippen molar-refractivity contribution in [2.45, 2.75) is 57.9 Å². The summed E-state index contributed by atoms with van der Waals surface area (Å²) in [5, 5.41) is 10.7. The molecule has 1 aliphatic heterocycles. The topological polar surface area (TPSA) is 88.3 Å². The molecule has 2 atom stereocenters. The fraction of sp³-hybridized carbons (Fsp3) is 0.407. The van der Waals surface area contributed by atoms with Gasteiger partial charge in [-0.05, 0) is 24.8 Å². The standard InChI is InChI=1S/C27H30F2N4O3/c1-3-5-11-22-31-25(34)23(27(36)33(22)21(4-2)17-9-7-6-8-10-17)26(35)32-13-12-18(16-32)24-20(29)14-19(28)15-30-24/h6-10,14-15,18,21,34H,3-5,11-13,16H2,1-2H3/t18?,21-/m0/s1.